The summed E-state index contributed by atoms with van der Waals surface area (Å²) in [6, 6.07) is 1.86. The third-order valence-corrected chi connectivity index (χ3v) is 2.49. The Morgan fingerprint density at radius 1 is 1.77 bits per heavy atom. The quantitative estimate of drug-likeness (QED) is 0.338. The van der Waals surface area contributed by atoms with E-state index in [1.54, 1.807) is 13.3 Å². The number of aliphatic imine (C=N–C) groups is 1. The normalized spacial score (nSPS) is 10.3. The SMILES string of the molecule is C#Cc1nc(Cl)c(C=NC)cc1I. The Hall–Kier alpha value is -0.600. The van der Waals surface area contributed by atoms with Crippen molar-refractivity contribution in [1.82, 2.24) is 4.98 Å². The van der Waals surface area contributed by atoms with Crippen LogP contribution < -0.4 is 0 Å². The standard InChI is InChI=1S/C9H6ClIN2/c1-3-8-7(11)4-6(5-12-2)9(10)13-8/h1,4-5H,2H3. The van der Waals surface area contributed by atoms with Crippen molar-refractivity contribution < 1.29 is 0 Å². The molecule has 0 atom stereocenters. The highest BCUT2D eigenvalue weighted by atomic mass is 127. The Labute approximate surface area is 95.6 Å². The monoisotopic (exact) mass is 304 g/mol. The number of terminal acetylenes is 1. The van der Waals surface area contributed by atoms with Crippen LogP contribution in [0.5, 0.6) is 0 Å². The number of halogens is 2. The first-order valence-corrected chi connectivity index (χ1v) is 4.89. The molecule has 0 spiro atoms. The van der Waals surface area contributed by atoms with Crippen LogP contribution in [0.15, 0.2) is 11.1 Å². The van der Waals surface area contributed by atoms with Crippen LogP contribution in [0.25, 0.3) is 0 Å². The highest BCUT2D eigenvalue weighted by molar-refractivity contribution is 14.1. The van der Waals surface area contributed by atoms with E-state index in [1.165, 1.54) is 0 Å². The number of rotatable bonds is 1. The van der Waals surface area contributed by atoms with E-state index in [2.05, 4.69) is 38.5 Å². The number of aromatic nitrogens is 1. The van der Waals surface area contributed by atoms with Gasteiger partial charge in [-0.25, -0.2) is 4.98 Å². The summed E-state index contributed by atoms with van der Waals surface area (Å²) in [5.74, 6) is 2.46. The second kappa shape index (κ2) is 4.58. The predicted octanol–water partition coefficient (Wildman–Crippen LogP) is 2.37. The van der Waals surface area contributed by atoms with Crippen LogP contribution in [0.2, 0.25) is 5.15 Å². The summed E-state index contributed by atoms with van der Waals surface area (Å²) < 4.78 is 0.902. The predicted molar refractivity (Wildman–Crippen MR) is 63.4 cm³/mol. The molecule has 1 rings (SSSR count). The van der Waals surface area contributed by atoms with Crippen LogP contribution >= 0.6 is 34.2 Å². The molecule has 0 saturated carbocycles. The molecule has 0 aliphatic rings. The molecule has 66 valence electrons. The molecule has 0 saturated heterocycles. The topological polar surface area (TPSA) is 25.2 Å². The molecule has 0 bridgehead atoms. The van der Waals surface area contributed by atoms with Gasteiger partial charge in [0, 0.05) is 22.4 Å². The summed E-state index contributed by atoms with van der Waals surface area (Å²) in [7, 11) is 1.68. The van der Waals surface area contributed by atoms with Gasteiger partial charge in [-0.2, -0.15) is 0 Å². The molecule has 0 N–H and O–H groups in total. The lowest BCUT2D eigenvalue weighted by Crippen LogP contribution is -1.94. The maximum absolute atomic E-state index is 5.86. The first kappa shape index (κ1) is 10.5. The summed E-state index contributed by atoms with van der Waals surface area (Å²) in [6.07, 6.45) is 6.88. The van der Waals surface area contributed by atoms with Crippen molar-refractivity contribution in [3.63, 3.8) is 0 Å². The summed E-state index contributed by atoms with van der Waals surface area (Å²) >= 11 is 7.97. The minimum Gasteiger partial charge on any atom is -0.296 e. The van der Waals surface area contributed by atoms with Crippen LogP contribution in [0.4, 0.5) is 0 Å². The second-order valence-corrected chi connectivity index (χ2v) is 3.75. The van der Waals surface area contributed by atoms with E-state index in [9.17, 15) is 0 Å². The van der Waals surface area contributed by atoms with Crippen molar-refractivity contribution in [1.29, 1.82) is 0 Å². The van der Waals surface area contributed by atoms with Crippen LogP contribution in [0.3, 0.4) is 0 Å². The van der Waals surface area contributed by atoms with Crippen LogP contribution in [0.1, 0.15) is 11.3 Å². The molecule has 0 radical (unpaired) electrons. The first-order valence-electron chi connectivity index (χ1n) is 3.44. The van der Waals surface area contributed by atoms with Gasteiger partial charge < -0.3 is 0 Å². The fraction of sp³-hybridized carbons (Fsp3) is 0.111. The number of hydrogen-bond donors (Lipinski definition) is 0. The molecule has 1 heterocycles. The number of nitrogens with zero attached hydrogens (tertiary/aromatic N) is 2. The summed E-state index contributed by atoms with van der Waals surface area (Å²) in [5.41, 5.74) is 1.35. The van der Waals surface area contributed by atoms with Gasteiger partial charge >= 0.3 is 0 Å². The zero-order valence-electron chi connectivity index (χ0n) is 6.88. The molecular formula is C9H6ClIN2. The van der Waals surface area contributed by atoms with Crippen LogP contribution in [-0.2, 0) is 0 Å². The van der Waals surface area contributed by atoms with E-state index >= 15 is 0 Å². The van der Waals surface area contributed by atoms with E-state index in [1.807, 2.05) is 6.07 Å². The van der Waals surface area contributed by atoms with E-state index in [0.29, 0.717) is 10.8 Å². The molecule has 0 aliphatic carbocycles. The fourth-order valence-corrected chi connectivity index (χ4v) is 1.61. The van der Waals surface area contributed by atoms with E-state index < -0.39 is 0 Å². The van der Waals surface area contributed by atoms with Gasteiger partial charge in [-0.15, -0.1) is 6.42 Å². The molecule has 0 aliphatic heterocycles. The lowest BCUT2D eigenvalue weighted by atomic mass is 10.2. The highest BCUT2D eigenvalue weighted by Crippen LogP contribution is 2.17. The van der Waals surface area contributed by atoms with E-state index in [-0.39, 0.29) is 0 Å². The van der Waals surface area contributed by atoms with Crippen molar-refractivity contribution >= 4 is 40.4 Å². The third-order valence-electron chi connectivity index (χ3n) is 1.36. The number of hydrogen-bond acceptors (Lipinski definition) is 2. The lowest BCUT2D eigenvalue weighted by Gasteiger charge is -2.00. The zero-order valence-corrected chi connectivity index (χ0v) is 9.80. The highest BCUT2D eigenvalue weighted by Gasteiger charge is 2.04. The maximum atomic E-state index is 5.86. The number of pyridine rings is 1. The first-order chi connectivity index (χ1) is 6.19. The van der Waals surface area contributed by atoms with Crippen molar-refractivity contribution in [2.45, 2.75) is 0 Å². The summed E-state index contributed by atoms with van der Waals surface area (Å²) in [6.45, 7) is 0. The van der Waals surface area contributed by atoms with Crippen LogP contribution in [0, 0.1) is 15.9 Å². The van der Waals surface area contributed by atoms with Gasteiger partial charge in [-0.05, 0) is 34.6 Å². The Morgan fingerprint density at radius 3 is 3.00 bits per heavy atom. The van der Waals surface area contributed by atoms with Gasteiger partial charge in [0.25, 0.3) is 0 Å². The summed E-state index contributed by atoms with van der Waals surface area (Å²) in [4.78, 5) is 7.90. The lowest BCUT2D eigenvalue weighted by molar-refractivity contribution is 1.25. The Bertz CT molecular complexity index is 393. The average molecular weight is 305 g/mol. The maximum Gasteiger partial charge on any atom is 0.139 e. The molecule has 1 aromatic rings. The largest absolute Gasteiger partial charge is 0.296 e. The molecule has 0 fully saturated rings. The van der Waals surface area contributed by atoms with E-state index in [4.69, 9.17) is 18.0 Å². The van der Waals surface area contributed by atoms with Crippen molar-refractivity contribution in [3.8, 4) is 12.3 Å². The molecule has 0 amide bonds. The van der Waals surface area contributed by atoms with E-state index in [0.717, 1.165) is 9.13 Å². The zero-order chi connectivity index (χ0) is 9.84. The van der Waals surface area contributed by atoms with Crippen molar-refractivity contribution in [3.05, 3.63) is 26.0 Å². The Morgan fingerprint density at radius 2 is 2.46 bits per heavy atom. The molecule has 4 heteroatoms. The molecule has 2 nitrogen and oxygen atoms in total. The third kappa shape index (κ3) is 2.42. The second-order valence-electron chi connectivity index (χ2n) is 2.23. The van der Waals surface area contributed by atoms with Gasteiger partial charge in [-0.3, -0.25) is 4.99 Å². The Balaban J connectivity index is 3.30. The van der Waals surface area contributed by atoms with Gasteiger partial charge in [0.1, 0.15) is 10.8 Å². The molecule has 0 unspecified atom stereocenters. The minimum atomic E-state index is 0.388. The fourth-order valence-electron chi connectivity index (χ4n) is 0.811. The van der Waals surface area contributed by atoms with Crippen LogP contribution in [-0.4, -0.2) is 18.2 Å². The Kier molecular flexibility index (Phi) is 3.70. The smallest absolute Gasteiger partial charge is 0.139 e. The van der Waals surface area contributed by atoms with Crippen molar-refractivity contribution in [2.24, 2.45) is 4.99 Å². The molecular weight excluding hydrogens is 298 g/mol. The average Bonchev–Trinajstić information content (AvgIpc) is 2.11. The molecule has 1 aromatic heterocycles. The molecule has 13 heavy (non-hydrogen) atoms. The molecule has 0 aromatic carbocycles. The summed E-state index contributed by atoms with van der Waals surface area (Å²) in [5, 5.41) is 0.388. The minimum absolute atomic E-state index is 0.388. The van der Waals surface area contributed by atoms with Gasteiger partial charge in [0.15, 0.2) is 0 Å². The van der Waals surface area contributed by atoms with Gasteiger partial charge in [0.05, 0.1) is 0 Å². The van der Waals surface area contributed by atoms with Gasteiger partial charge in [0.2, 0.25) is 0 Å². The van der Waals surface area contributed by atoms with Gasteiger partial charge in [-0.1, -0.05) is 11.6 Å². The van der Waals surface area contributed by atoms with Crippen molar-refractivity contribution in [2.75, 3.05) is 7.05 Å².